The lowest BCUT2D eigenvalue weighted by Crippen LogP contribution is -2.21. The number of aryl methyl sites for hydroxylation is 1. The molecule has 3 heterocycles. The molecule has 1 N–H and O–H groups in total. The number of aromatic nitrogens is 3. The molecular weight excluding hydrogens is 290 g/mol. The zero-order valence-corrected chi connectivity index (χ0v) is 12.2. The lowest BCUT2D eigenvalue weighted by molar-refractivity contribution is 1.02. The highest BCUT2D eigenvalue weighted by Crippen LogP contribution is 2.23. The highest BCUT2D eigenvalue weighted by Gasteiger charge is 2.14. The van der Waals surface area contributed by atoms with Crippen molar-refractivity contribution in [2.75, 3.05) is 0 Å². The van der Waals surface area contributed by atoms with Crippen LogP contribution < -0.4 is 16.1 Å². The van der Waals surface area contributed by atoms with E-state index in [2.05, 4.69) is 17.1 Å². The molecule has 0 amide bonds. The summed E-state index contributed by atoms with van der Waals surface area (Å²) in [7, 11) is 0. The van der Waals surface area contributed by atoms with Gasteiger partial charge in [0.1, 0.15) is 0 Å². The molecule has 1 aromatic carbocycles. The molecule has 0 saturated carbocycles. The molecule has 5 heteroatoms. The van der Waals surface area contributed by atoms with Crippen LogP contribution >= 0.6 is 0 Å². The second kappa shape index (κ2) is 4.23. The molecule has 0 saturated heterocycles. The van der Waals surface area contributed by atoms with Crippen molar-refractivity contribution in [1.82, 2.24) is 13.8 Å². The van der Waals surface area contributed by atoms with E-state index >= 15 is 0 Å². The molecule has 0 atom stereocenters. The fourth-order valence-corrected chi connectivity index (χ4v) is 3.63. The first-order valence-corrected chi connectivity index (χ1v) is 7.60. The summed E-state index contributed by atoms with van der Waals surface area (Å²) in [6.45, 7) is 0. The summed E-state index contributed by atoms with van der Waals surface area (Å²) in [6.07, 6.45) is 11.8. The lowest BCUT2D eigenvalue weighted by Gasteiger charge is -2.07. The largest absolute Gasteiger partial charge is 0.365 e. The van der Waals surface area contributed by atoms with Crippen LogP contribution in [0, 0.1) is 0 Å². The third-order valence-electron chi connectivity index (χ3n) is 4.63. The van der Waals surface area contributed by atoms with Crippen molar-refractivity contribution in [1.29, 1.82) is 0 Å². The summed E-state index contributed by atoms with van der Waals surface area (Å²) >= 11 is 0. The Hall–Kier alpha value is -3.08. The Morgan fingerprint density at radius 3 is 2.57 bits per heavy atom. The van der Waals surface area contributed by atoms with Gasteiger partial charge in [0, 0.05) is 42.5 Å². The predicted molar refractivity (Wildman–Crippen MR) is 89.6 cm³/mol. The predicted octanol–water partition coefficient (Wildman–Crippen LogP) is 1.40. The van der Waals surface area contributed by atoms with Crippen LogP contribution in [0.2, 0.25) is 0 Å². The van der Waals surface area contributed by atoms with Gasteiger partial charge in [0.15, 0.2) is 0 Å². The highest BCUT2D eigenvalue weighted by atomic mass is 16.2. The average Bonchev–Trinajstić information content (AvgIpc) is 2.96. The fraction of sp³-hybridized carbons (Fsp3) is 0.111. The van der Waals surface area contributed by atoms with Gasteiger partial charge in [-0.15, -0.1) is 0 Å². The number of hydrogen-bond donors (Lipinski definition) is 1. The number of aromatic amines is 1. The number of hydrogen-bond acceptors (Lipinski definition) is 2. The van der Waals surface area contributed by atoms with E-state index < -0.39 is 10.9 Å². The Morgan fingerprint density at radius 1 is 0.957 bits per heavy atom. The number of benzene rings is 1. The molecule has 23 heavy (non-hydrogen) atoms. The maximum absolute atomic E-state index is 11.9. The van der Waals surface area contributed by atoms with Crippen LogP contribution in [0.5, 0.6) is 0 Å². The van der Waals surface area contributed by atoms with Gasteiger partial charge < -0.3 is 13.8 Å². The molecule has 0 spiro atoms. The van der Waals surface area contributed by atoms with Crippen LogP contribution in [0.3, 0.4) is 0 Å². The van der Waals surface area contributed by atoms with E-state index in [1.165, 1.54) is 22.9 Å². The standard InChI is InChI=1S/C18H13N3O2/c22-16-8-13-14(9-17(16)23)21-6-4-11-2-1-3-12(18(11)21)15-10-19-5-7-20(13)15/h2,4-10,19H,1,3H2. The quantitative estimate of drug-likeness (QED) is 0.499. The second-order valence-electron chi connectivity index (χ2n) is 5.88. The van der Waals surface area contributed by atoms with Crippen molar-refractivity contribution in [3.63, 3.8) is 0 Å². The number of nitrogens with one attached hydrogen (secondary N) is 1. The van der Waals surface area contributed by atoms with Gasteiger partial charge in [0.05, 0.1) is 22.1 Å². The Kier molecular flexibility index (Phi) is 2.29. The normalized spacial score (nSPS) is 13.6. The first-order valence-electron chi connectivity index (χ1n) is 7.60. The monoisotopic (exact) mass is 303 g/mol. The van der Waals surface area contributed by atoms with E-state index in [1.54, 1.807) is 0 Å². The highest BCUT2D eigenvalue weighted by molar-refractivity contribution is 5.85. The molecule has 1 aliphatic carbocycles. The smallest absolute Gasteiger partial charge is 0.227 e. The fourth-order valence-electron chi connectivity index (χ4n) is 3.63. The van der Waals surface area contributed by atoms with Gasteiger partial charge in [-0.2, -0.15) is 0 Å². The SMILES string of the molecule is O=c1cc2c(cc1=O)n1ccc3c1c(c1c[nH]ccn12)CCC=3. The van der Waals surface area contributed by atoms with Gasteiger partial charge in [-0.05, 0) is 24.1 Å². The summed E-state index contributed by atoms with van der Waals surface area (Å²) in [5.41, 5.74) is 3.89. The number of rotatable bonds is 0. The number of fused-ring (bicyclic) bond motifs is 5. The van der Waals surface area contributed by atoms with Gasteiger partial charge in [-0.3, -0.25) is 9.59 Å². The van der Waals surface area contributed by atoms with Gasteiger partial charge in [0.25, 0.3) is 0 Å². The van der Waals surface area contributed by atoms with E-state index in [4.69, 9.17) is 0 Å². The minimum atomic E-state index is -0.478. The summed E-state index contributed by atoms with van der Waals surface area (Å²) in [5.74, 6) is 0. The average molecular weight is 303 g/mol. The second-order valence-corrected chi connectivity index (χ2v) is 5.88. The van der Waals surface area contributed by atoms with Crippen LogP contribution in [-0.2, 0) is 6.42 Å². The molecule has 3 aromatic heterocycles. The minimum Gasteiger partial charge on any atom is -0.365 e. The summed E-state index contributed by atoms with van der Waals surface area (Å²) < 4.78 is 4.02. The van der Waals surface area contributed by atoms with Crippen molar-refractivity contribution >= 4 is 28.1 Å². The number of H-pyrrole nitrogens is 1. The summed E-state index contributed by atoms with van der Waals surface area (Å²) in [5, 5.41) is 1.17. The zero-order valence-electron chi connectivity index (χ0n) is 12.2. The van der Waals surface area contributed by atoms with Crippen LogP contribution in [0.15, 0.2) is 52.6 Å². The van der Waals surface area contributed by atoms with E-state index in [0.717, 1.165) is 34.9 Å². The van der Waals surface area contributed by atoms with E-state index in [0.29, 0.717) is 0 Å². The third-order valence-corrected chi connectivity index (χ3v) is 4.63. The molecule has 0 fully saturated rings. The van der Waals surface area contributed by atoms with E-state index in [1.807, 2.05) is 33.6 Å². The van der Waals surface area contributed by atoms with Crippen LogP contribution in [0.25, 0.3) is 28.1 Å². The van der Waals surface area contributed by atoms with E-state index in [9.17, 15) is 9.59 Å². The molecule has 0 unspecified atom stereocenters. The molecule has 0 aliphatic heterocycles. The van der Waals surface area contributed by atoms with Crippen LogP contribution in [0.4, 0.5) is 0 Å². The minimum absolute atomic E-state index is 0.473. The maximum Gasteiger partial charge on any atom is 0.227 e. The van der Waals surface area contributed by atoms with Crippen molar-refractivity contribution in [2.24, 2.45) is 0 Å². The van der Waals surface area contributed by atoms with Crippen molar-refractivity contribution in [3.8, 4) is 0 Å². The van der Waals surface area contributed by atoms with Gasteiger partial charge in [-0.25, -0.2) is 0 Å². The van der Waals surface area contributed by atoms with Crippen molar-refractivity contribution in [3.05, 3.63) is 74.2 Å². The Bertz CT molecular complexity index is 1310. The van der Waals surface area contributed by atoms with Gasteiger partial charge in [-0.1, -0.05) is 6.08 Å². The first kappa shape index (κ1) is 12.5. The van der Waals surface area contributed by atoms with Gasteiger partial charge >= 0.3 is 0 Å². The van der Waals surface area contributed by atoms with E-state index in [-0.39, 0.29) is 0 Å². The molecule has 4 aromatic rings. The third kappa shape index (κ3) is 1.56. The Morgan fingerprint density at radius 2 is 1.74 bits per heavy atom. The van der Waals surface area contributed by atoms with Crippen LogP contribution in [-0.4, -0.2) is 13.8 Å². The maximum atomic E-state index is 11.9. The first-order chi connectivity index (χ1) is 11.2. The Labute approximate surface area is 129 Å². The molecule has 112 valence electrons. The molecular formula is C18H13N3O2. The zero-order chi connectivity index (χ0) is 15.6. The van der Waals surface area contributed by atoms with Gasteiger partial charge in [0.2, 0.25) is 10.9 Å². The van der Waals surface area contributed by atoms with Crippen LogP contribution in [0.1, 0.15) is 12.0 Å². The molecule has 5 nitrogen and oxygen atoms in total. The number of nitrogens with zero attached hydrogens (tertiary/aromatic N) is 2. The summed E-state index contributed by atoms with van der Waals surface area (Å²) in [4.78, 5) is 27.0. The molecule has 5 rings (SSSR count). The Balaban J connectivity index is 2.30. The summed E-state index contributed by atoms with van der Waals surface area (Å²) in [6, 6.07) is 4.95. The molecule has 0 radical (unpaired) electrons. The van der Waals surface area contributed by atoms with Crippen molar-refractivity contribution in [2.45, 2.75) is 12.8 Å². The van der Waals surface area contributed by atoms with Crippen molar-refractivity contribution < 1.29 is 0 Å². The molecule has 0 bridgehead atoms. The molecule has 1 aliphatic rings. The topological polar surface area (TPSA) is 58.8 Å². The lowest BCUT2D eigenvalue weighted by atomic mass is 10.0.